The summed E-state index contributed by atoms with van der Waals surface area (Å²) in [5, 5.41) is 5.25. The average molecular weight is 241 g/mol. The van der Waals surface area contributed by atoms with E-state index >= 15 is 0 Å². The van der Waals surface area contributed by atoms with Crippen LogP contribution in [0.1, 0.15) is 24.3 Å². The Bertz CT molecular complexity index is 681. The van der Waals surface area contributed by atoms with E-state index in [1.54, 1.807) is 0 Å². The number of aryl methyl sites for hydroxylation is 2. The monoisotopic (exact) mass is 241 g/mol. The summed E-state index contributed by atoms with van der Waals surface area (Å²) < 4.78 is 7.35. The number of fused-ring (bicyclic) bond motifs is 1. The zero-order valence-corrected chi connectivity index (χ0v) is 10.6. The number of nitrogens with zero attached hydrogens (tertiary/aromatic N) is 3. The van der Waals surface area contributed by atoms with E-state index in [-0.39, 0.29) is 0 Å². The van der Waals surface area contributed by atoms with Crippen molar-refractivity contribution in [2.45, 2.75) is 26.8 Å². The Morgan fingerprint density at radius 2 is 2.11 bits per heavy atom. The summed E-state index contributed by atoms with van der Waals surface area (Å²) >= 11 is 0. The molecule has 4 nitrogen and oxygen atoms in total. The molecule has 0 unspecified atom stereocenters. The Hall–Kier alpha value is -2.10. The average Bonchev–Trinajstić information content (AvgIpc) is 2.96. The van der Waals surface area contributed by atoms with Gasteiger partial charge in [-0.3, -0.25) is 0 Å². The highest BCUT2D eigenvalue weighted by molar-refractivity contribution is 5.81. The van der Waals surface area contributed by atoms with Crippen LogP contribution in [-0.4, -0.2) is 14.7 Å². The summed E-state index contributed by atoms with van der Waals surface area (Å²) in [6.07, 6.45) is 0.776. The molecule has 1 aromatic carbocycles. The third kappa shape index (κ3) is 1.79. The summed E-state index contributed by atoms with van der Waals surface area (Å²) in [5.74, 6) is 1.43. The minimum absolute atomic E-state index is 0.656. The molecule has 3 rings (SSSR count). The molecule has 0 N–H and O–H groups in total. The van der Waals surface area contributed by atoms with E-state index in [1.807, 2.05) is 13.0 Å². The lowest BCUT2D eigenvalue weighted by atomic mass is 10.2. The van der Waals surface area contributed by atoms with Crippen molar-refractivity contribution in [2.75, 3.05) is 0 Å². The van der Waals surface area contributed by atoms with E-state index in [0.29, 0.717) is 12.4 Å². The van der Waals surface area contributed by atoms with E-state index in [1.165, 1.54) is 16.6 Å². The van der Waals surface area contributed by atoms with Gasteiger partial charge in [0.05, 0.1) is 6.54 Å². The van der Waals surface area contributed by atoms with Crippen molar-refractivity contribution in [3.63, 3.8) is 0 Å². The summed E-state index contributed by atoms with van der Waals surface area (Å²) in [6.45, 7) is 4.76. The zero-order valence-electron chi connectivity index (χ0n) is 10.6. The van der Waals surface area contributed by atoms with Gasteiger partial charge in [0.25, 0.3) is 0 Å². The van der Waals surface area contributed by atoms with Crippen LogP contribution < -0.4 is 0 Å². The molecule has 0 radical (unpaired) electrons. The summed E-state index contributed by atoms with van der Waals surface area (Å²) in [4.78, 5) is 4.35. The van der Waals surface area contributed by atoms with E-state index in [2.05, 4.69) is 45.9 Å². The van der Waals surface area contributed by atoms with Gasteiger partial charge in [-0.25, -0.2) is 0 Å². The maximum absolute atomic E-state index is 5.14. The Morgan fingerprint density at radius 1 is 1.28 bits per heavy atom. The van der Waals surface area contributed by atoms with Gasteiger partial charge in [0.2, 0.25) is 5.89 Å². The lowest BCUT2D eigenvalue weighted by molar-refractivity contribution is 0.375. The second-order valence-corrected chi connectivity index (χ2v) is 4.39. The SMILES string of the molecule is CCc1nc(Cn2c(C)cc3ccccc32)no1. The summed E-state index contributed by atoms with van der Waals surface area (Å²) in [6, 6.07) is 10.5. The van der Waals surface area contributed by atoms with Crippen LogP contribution in [0.25, 0.3) is 10.9 Å². The third-order valence-corrected chi connectivity index (χ3v) is 3.13. The van der Waals surface area contributed by atoms with Gasteiger partial charge in [-0.15, -0.1) is 0 Å². The summed E-state index contributed by atoms with van der Waals surface area (Å²) in [7, 11) is 0. The number of aromatic nitrogens is 3. The molecule has 2 heterocycles. The number of benzene rings is 1. The number of para-hydroxylation sites is 1. The highest BCUT2D eigenvalue weighted by Crippen LogP contribution is 2.19. The maximum Gasteiger partial charge on any atom is 0.226 e. The lowest BCUT2D eigenvalue weighted by Gasteiger charge is -2.04. The van der Waals surface area contributed by atoms with Gasteiger partial charge in [-0.2, -0.15) is 4.98 Å². The smallest absolute Gasteiger partial charge is 0.226 e. The van der Waals surface area contributed by atoms with Crippen molar-refractivity contribution in [2.24, 2.45) is 0 Å². The van der Waals surface area contributed by atoms with Crippen LogP contribution in [0.3, 0.4) is 0 Å². The van der Waals surface area contributed by atoms with Gasteiger partial charge in [0, 0.05) is 17.6 Å². The topological polar surface area (TPSA) is 43.9 Å². The van der Waals surface area contributed by atoms with Crippen LogP contribution >= 0.6 is 0 Å². The third-order valence-electron chi connectivity index (χ3n) is 3.13. The highest BCUT2D eigenvalue weighted by Gasteiger charge is 2.09. The van der Waals surface area contributed by atoms with Gasteiger partial charge in [0.15, 0.2) is 5.82 Å². The minimum Gasteiger partial charge on any atom is -0.339 e. The van der Waals surface area contributed by atoms with Crippen LogP contribution in [0.4, 0.5) is 0 Å². The molecule has 0 aliphatic heterocycles. The lowest BCUT2D eigenvalue weighted by Crippen LogP contribution is -2.03. The number of rotatable bonds is 3. The van der Waals surface area contributed by atoms with Crippen LogP contribution in [0.5, 0.6) is 0 Å². The molecule has 0 saturated carbocycles. The van der Waals surface area contributed by atoms with Crippen LogP contribution in [0.2, 0.25) is 0 Å². The molecule has 0 amide bonds. The van der Waals surface area contributed by atoms with Crippen LogP contribution in [-0.2, 0) is 13.0 Å². The Morgan fingerprint density at radius 3 is 2.89 bits per heavy atom. The van der Waals surface area contributed by atoms with Gasteiger partial charge >= 0.3 is 0 Å². The molecule has 0 fully saturated rings. The predicted molar refractivity (Wildman–Crippen MR) is 69.5 cm³/mol. The van der Waals surface area contributed by atoms with Crippen LogP contribution in [0, 0.1) is 6.92 Å². The van der Waals surface area contributed by atoms with Gasteiger partial charge in [-0.1, -0.05) is 30.3 Å². The van der Waals surface area contributed by atoms with E-state index in [0.717, 1.165) is 12.2 Å². The molecule has 3 aromatic rings. The molecule has 0 atom stereocenters. The van der Waals surface area contributed by atoms with Crippen LogP contribution in [0.15, 0.2) is 34.9 Å². The van der Waals surface area contributed by atoms with E-state index in [4.69, 9.17) is 4.52 Å². The number of hydrogen-bond acceptors (Lipinski definition) is 3. The van der Waals surface area contributed by atoms with Gasteiger partial charge in [-0.05, 0) is 24.4 Å². The van der Waals surface area contributed by atoms with Crippen molar-refractivity contribution in [1.82, 2.24) is 14.7 Å². The fourth-order valence-electron chi connectivity index (χ4n) is 2.20. The largest absolute Gasteiger partial charge is 0.339 e. The second kappa shape index (κ2) is 4.29. The maximum atomic E-state index is 5.14. The Labute approximate surface area is 105 Å². The zero-order chi connectivity index (χ0) is 12.5. The molecule has 92 valence electrons. The second-order valence-electron chi connectivity index (χ2n) is 4.39. The van der Waals surface area contributed by atoms with E-state index < -0.39 is 0 Å². The first-order chi connectivity index (χ1) is 8.78. The van der Waals surface area contributed by atoms with Crippen molar-refractivity contribution in [1.29, 1.82) is 0 Å². The Balaban J connectivity index is 2.01. The molecular formula is C14H15N3O. The van der Waals surface area contributed by atoms with Crippen molar-refractivity contribution in [3.8, 4) is 0 Å². The minimum atomic E-state index is 0.656. The van der Waals surface area contributed by atoms with E-state index in [9.17, 15) is 0 Å². The molecule has 18 heavy (non-hydrogen) atoms. The fourth-order valence-corrected chi connectivity index (χ4v) is 2.20. The molecule has 0 spiro atoms. The molecule has 0 aliphatic rings. The Kier molecular flexibility index (Phi) is 2.63. The number of hydrogen-bond donors (Lipinski definition) is 0. The quantitative estimate of drug-likeness (QED) is 0.708. The normalized spacial score (nSPS) is 11.2. The fraction of sp³-hybridized carbons (Fsp3) is 0.286. The predicted octanol–water partition coefficient (Wildman–Crippen LogP) is 2.94. The first-order valence-electron chi connectivity index (χ1n) is 6.14. The standard InChI is InChI=1S/C14H15N3O/c1-3-14-15-13(16-18-14)9-17-10(2)8-11-6-4-5-7-12(11)17/h4-8H,3,9H2,1-2H3. The highest BCUT2D eigenvalue weighted by atomic mass is 16.5. The molecular weight excluding hydrogens is 226 g/mol. The molecule has 2 aromatic heterocycles. The molecule has 0 saturated heterocycles. The molecule has 4 heteroatoms. The van der Waals surface area contributed by atoms with Gasteiger partial charge in [0.1, 0.15) is 0 Å². The summed E-state index contributed by atoms with van der Waals surface area (Å²) in [5.41, 5.74) is 2.41. The van der Waals surface area contributed by atoms with Crippen molar-refractivity contribution < 1.29 is 4.52 Å². The first kappa shape index (κ1) is 11.0. The molecule has 0 aliphatic carbocycles. The van der Waals surface area contributed by atoms with Crippen molar-refractivity contribution >= 4 is 10.9 Å². The molecule has 0 bridgehead atoms. The first-order valence-corrected chi connectivity index (χ1v) is 6.14. The van der Waals surface area contributed by atoms with Gasteiger partial charge < -0.3 is 9.09 Å². The van der Waals surface area contributed by atoms with Crippen molar-refractivity contribution in [3.05, 3.63) is 47.7 Å².